The van der Waals surface area contributed by atoms with Gasteiger partial charge in [0.2, 0.25) is 5.91 Å². The highest BCUT2D eigenvalue weighted by Gasteiger charge is 2.41. The van der Waals surface area contributed by atoms with Gasteiger partial charge >= 0.3 is 6.18 Å². The fourth-order valence-corrected chi connectivity index (χ4v) is 5.79. The topological polar surface area (TPSA) is 119 Å². The van der Waals surface area contributed by atoms with Crippen molar-refractivity contribution in [2.45, 2.75) is 63.7 Å². The second kappa shape index (κ2) is 12.4. The molecule has 2 aliphatic rings. The van der Waals surface area contributed by atoms with E-state index >= 15 is 0 Å². The minimum Gasteiger partial charge on any atom is -0.457 e. The molecular weight excluding hydrogens is 623 g/mol. The van der Waals surface area contributed by atoms with E-state index in [1.165, 1.54) is 0 Å². The van der Waals surface area contributed by atoms with Crippen LogP contribution in [0, 0.1) is 0 Å². The lowest BCUT2D eigenvalue weighted by Crippen LogP contribution is -2.27. The second-order valence-electron chi connectivity index (χ2n) is 12.6. The molecule has 246 valence electrons. The smallest absolute Gasteiger partial charge is 0.417 e. The predicted molar refractivity (Wildman–Crippen MR) is 170 cm³/mol. The molecule has 1 aliphatic carbocycles. The van der Waals surface area contributed by atoms with Crippen LogP contribution >= 0.6 is 0 Å². The predicted octanol–water partition coefficient (Wildman–Crippen LogP) is 6.55. The van der Waals surface area contributed by atoms with Crippen molar-refractivity contribution in [1.29, 1.82) is 0 Å². The van der Waals surface area contributed by atoms with Crippen molar-refractivity contribution in [3.8, 4) is 34.1 Å². The van der Waals surface area contributed by atoms with E-state index in [0.29, 0.717) is 59.0 Å². The number of likely N-dealkylation sites (tertiary alicyclic amines) is 1. The lowest BCUT2D eigenvalue weighted by Gasteiger charge is -2.15. The number of nitrogens with zero attached hydrogens (tertiary/aromatic N) is 6. The fraction of sp³-hybridized carbons (Fsp3) is 0.314. The number of hydrogen-bond donors (Lipinski definition) is 1. The number of alkyl halides is 3. The number of H-pyrrole nitrogens is 1. The van der Waals surface area contributed by atoms with E-state index in [-0.39, 0.29) is 24.3 Å². The summed E-state index contributed by atoms with van der Waals surface area (Å²) in [6.07, 6.45) is -1.37. The zero-order valence-corrected chi connectivity index (χ0v) is 26.2. The Morgan fingerprint density at radius 3 is 2.42 bits per heavy atom. The van der Waals surface area contributed by atoms with Gasteiger partial charge in [0, 0.05) is 53.9 Å². The SMILES string of the molecule is CC(C)c1ccc(-c2ccc(Oc3cc(-c4n[nH]c(C5CC(=O)N(C6CC6)C5)n4)ccc3Cn3cc(C(F)(F)F)ccc3=O)cc2)nn1. The number of hydrogen-bond acceptors (Lipinski definition) is 7. The number of amides is 1. The van der Waals surface area contributed by atoms with Crippen molar-refractivity contribution in [1.82, 2.24) is 34.8 Å². The summed E-state index contributed by atoms with van der Waals surface area (Å²) in [7, 11) is 0. The van der Waals surface area contributed by atoms with Gasteiger partial charge in [-0.3, -0.25) is 14.7 Å². The Kier molecular flexibility index (Phi) is 8.06. The number of benzene rings is 2. The molecule has 1 aliphatic heterocycles. The van der Waals surface area contributed by atoms with E-state index < -0.39 is 17.3 Å². The molecule has 1 unspecified atom stereocenters. The normalized spacial score (nSPS) is 16.6. The summed E-state index contributed by atoms with van der Waals surface area (Å²) < 4.78 is 47.7. The van der Waals surface area contributed by atoms with Crippen molar-refractivity contribution in [2.24, 2.45) is 0 Å². The minimum atomic E-state index is -4.61. The number of aromatic amines is 1. The number of nitrogens with one attached hydrogen (secondary N) is 1. The summed E-state index contributed by atoms with van der Waals surface area (Å²) in [6.45, 7) is 4.52. The highest BCUT2D eigenvalue weighted by atomic mass is 19.4. The molecule has 1 saturated carbocycles. The van der Waals surface area contributed by atoms with Crippen LogP contribution in [0.25, 0.3) is 22.6 Å². The molecule has 2 aromatic carbocycles. The summed E-state index contributed by atoms with van der Waals surface area (Å²) >= 11 is 0. The first-order valence-corrected chi connectivity index (χ1v) is 15.8. The highest BCUT2D eigenvalue weighted by molar-refractivity contribution is 5.80. The molecule has 1 amide bonds. The van der Waals surface area contributed by atoms with Gasteiger partial charge in [-0.15, -0.1) is 0 Å². The first-order valence-electron chi connectivity index (χ1n) is 15.8. The van der Waals surface area contributed by atoms with Crippen LogP contribution in [0.1, 0.15) is 67.6 Å². The van der Waals surface area contributed by atoms with E-state index in [4.69, 9.17) is 9.72 Å². The molecule has 0 radical (unpaired) electrons. The molecule has 3 aromatic heterocycles. The van der Waals surface area contributed by atoms with Crippen LogP contribution in [-0.2, 0) is 17.5 Å². The van der Waals surface area contributed by atoms with Crippen LogP contribution in [-0.4, -0.2) is 53.3 Å². The molecule has 1 N–H and O–H groups in total. The van der Waals surface area contributed by atoms with Gasteiger partial charge in [0.1, 0.15) is 17.3 Å². The van der Waals surface area contributed by atoms with Crippen LogP contribution in [0.2, 0.25) is 0 Å². The van der Waals surface area contributed by atoms with Gasteiger partial charge in [0.05, 0.1) is 23.5 Å². The molecule has 1 saturated heterocycles. The van der Waals surface area contributed by atoms with Gasteiger partial charge in [-0.25, -0.2) is 4.98 Å². The van der Waals surface area contributed by atoms with E-state index in [2.05, 4.69) is 20.4 Å². The van der Waals surface area contributed by atoms with E-state index in [1.54, 1.807) is 30.3 Å². The monoisotopic (exact) mass is 655 g/mol. The van der Waals surface area contributed by atoms with Crippen LogP contribution in [0.4, 0.5) is 13.2 Å². The Morgan fingerprint density at radius 1 is 0.958 bits per heavy atom. The zero-order chi connectivity index (χ0) is 33.6. The molecule has 7 rings (SSSR count). The Morgan fingerprint density at radius 2 is 1.73 bits per heavy atom. The molecule has 10 nitrogen and oxygen atoms in total. The maximum absolute atomic E-state index is 13.5. The summed E-state index contributed by atoms with van der Waals surface area (Å²) in [5, 5.41) is 16.0. The Labute approximate surface area is 273 Å². The first kappa shape index (κ1) is 31.3. The molecule has 5 aromatic rings. The lowest BCUT2D eigenvalue weighted by atomic mass is 10.1. The van der Waals surface area contributed by atoms with Gasteiger partial charge in [-0.1, -0.05) is 26.0 Å². The quantitative estimate of drug-likeness (QED) is 0.191. The van der Waals surface area contributed by atoms with Crippen molar-refractivity contribution in [2.75, 3.05) is 6.54 Å². The average Bonchev–Trinajstić information content (AvgIpc) is 3.65. The third-order valence-corrected chi connectivity index (χ3v) is 8.67. The van der Waals surface area contributed by atoms with Crippen LogP contribution in [0.15, 0.2) is 77.7 Å². The van der Waals surface area contributed by atoms with Gasteiger partial charge in [-0.2, -0.15) is 28.5 Å². The number of pyridine rings is 1. The standard InChI is InChI=1S/C35H32F3N7O3/c1-20(2)28-12-13-29(41-40-28)21-5-10-27(11-6-21)48-30-15-22(3-4-23(30)17-44-19-25(35(36,37)38)7-14-31(44)46)33-39-34(43-42-33)24-16-32(47)45(18-24)26-8-9-26/h3-7,10-15,19-20,24,26H,8-9,16-18H2,1-2H3,(H,39,42,43). The van der Waals surface area contributed by atoms with E-state index in [9.17, 15) is 22.8 Å². The fourth-order valence-electron chi connectivity index (χ4n) is 5.79. The van der Waals surface area contributed by atoms with Crippen molar-refractivity contribution < 1.29 is 22.7 Å². The summed E-state index contributed by atoms with van der Waals surface area (Å²) in [5.74, 6) is 2.06. The molecule has 48 heavy (non-hydrogen) atoms. The van der Waals surface area contributed by atoms with E-state index in [0.717, 1.165) is 47.0 Å². The lowest BCUT2D eigenvalue weighted by molar-refractivity contribution is -0.138. The number of carbonyl (C=O) groups excluding carboxylic acids is 1. The molecule has 1 atom stereocenters. The van der Waals surface area contributed by atoms with Gasteiger partial charge in [0.25, 0.3) is 5.56 Å². The molecule has 0 bridgehead atoms. The van der Waals surface area contributed by atoms with Gasteiger partial charge in [-0.05, 0) is 67.3 Å². The maximum atomic E-state index is 13.5. The van der Waals surface area contributed by atoms with Gasteiger partial charge < -0.3 is 14.2 Å². The second-order valence-corrected chi connectivity index (χ2v) is 12.6. The largest absolute Gasteiger partial charge is 0.457 e. The maximum Gasteiger partial charge on any atom is 0.417 e. The molecular formula is C35H32F3N7O3. The Balaban J connectivity index is 1.19. The van der Waals surface area contributed by atoms with E-state index in [1.807, 2.05) is 43.0 Å². The average molecular weight is 656 g/mol. The third kappa shape index (κ3) is 6.57. The van der Waals surface area contributed by atoms with Crippen LogP contribution < -0.4 is 10.3 Å². The van der Waals surface area contributed by atoms with Crippen molar-refractivity contribution in [3.05, 3.63) is 106 Å². The van der Waals surface area contributed by atoms with Crippen molar-refractivity contribution >= 4 is 5.91 Å². The number of aromatic nitrogens is 6. The number of ether oxygens (including phenoxy) is 1. The highest BCUT2D eigenvalue weighted by Crippen LogP contribution is 2.37. The number of rotatable bonds is 9. The van der Waals surface area contributed by atoms with Crippen LogP contribution in [0.3, 0.4) is 0 Å². The number of carbonyl (C=O) groups is 1. The molecule has 4 heterocycles. The first-order chi connectivity index (χ1) is 23.0. The summed E-state index contributed by atoms with van der Waals surface area (Å²) in [6, 6.07) is 18.1. The van der Waals surface area contributed by atoms with Crippen molar-refractivity contribution in [3.63, 3.8) is 0 Å². The molecule has 2 fully saturated rings. The molecule has 13 heteroatoms. The third-order valence-electron chi connectivity index (χ3n) is 8.67. The molecule has 0 spiro atoms. The zero-order valence-electron chi connectivity index (χ0n) is 26.2. The summed E-state index contributed by atoms with van der Waals surface area (Å²) in [5.41, 5.74) is 1.96. The Hall–Kier alpha value is -5.33. The van der Waals surface area contributed by atoms with Crippen LogP contribution in [0.5, 0.6) is 11.5 Å². The number of halogens is 3. The van der Waals surface area contributed by atoms with Gasteiger partial charge in [0.15, 0.2) is 5.82 Å². The Bertz CT molecular complexity index is 2020. The summed E-state index contributed by atoms with van der Waals surface area (Å²) in [4.78, 5) is 31.7. The minimum absolute atomic E-state index is 0.0908.